The van der Waals surface area contributed by atoms with Crippen LogP contribution in [0.3, 0.4) is 0 Å². The van der Waals surface area contributed by atoms with Gasteiger partial charge in [-0.05, 0) is 42.6 Å². The number of nitrogens with zero attached hydrogens (tertiary/aromatic N) is 2. The third-order valence-corrected chi connectivity index (χ3v) is 5.87. The first-order valence-corrected chi connectivity index (χ1v) is 10.5. The fourth-order valence-corrected chi connectivity index (χ4v) is 4.50. The van der Waals surface area contributed by atoms with Crippen molar-refractivity contribution in [3.8, 4) is 0 Å². The van der Waals surface area contributed by atoms with Gasteiger partial charge in [-0.2, -0.15) is 4.58 Å². The molecule has 1 aliphatic heterocycles. The van der Waals surface area contributed by atoms with Crippen LogP contribution in [0, 0.1) is 0 Å². The van der Waals surface area contributed by atoms with Crippen LogP contribution in [0.2, 0.25) is 0 Å². The van der Waals surface area contributed by atoms with E-state index < -0.39 is 0 Å². The molecule has 0 aromatic heterocycles. The summed E-state index contributed by atoms with van der Waals surface area (Å²) in [6.45, 7) is 3.79. The summed E-state index contributed by atoms with van der Waals surface area (Å²) < 4.78 is 2.37. The molecular weight excluding hydrogens is 368 g/mol. The molecule has 1 N–H and O–H groups in total. The smallest absolute Gasteiger partial charge is 0.227 e. The predicted molar refractivity (Wildman–Crippen MR) is 126 cm³/mol. The largest absolute Gasteiger partial charge is 0.395 e. The van der Waals surface area contributed by atoms with E-state index in [4.69, 9.17) is 0 Å². The number of hydrogen-bond acceptors (Lipinski definition) is 2. The number of aliphatic hydroxyl groups is 1. The van der Waals surface area contributed by atoms with Gasteiger partial charge in [0, 0.05) is 42.5 Å². The lowest BCUT2D eigenvalue weighted by Crippen LogP contribution is -2.26. The zero-order valence-corrected chi connectivity index (χ0v) is 17.1. The number of hydrogen-bond donors (Lipinski definition) is 1. The third kappa shape index (κ3) is 2.99. The van der Waals surface area contributed by atoms with Gasteiger partial charge >= 0.3 is 0 Å². The van der Waals surface area contributed by atoms with Gasteiger partial charge in [0.25, 0.3) is 0 Å². The zero-order valence-electron chi connectivity index (χ0n) is 17.1. The van der Waals surface area contributed by atoms with Crippen LogP contribution in [0.5, 0.6) is 0 Å². The van der Waals surface area contributed by atoms with Crippen LogP contribution in [0.25, 0.3) is 10.8 Å². The van der Waals surface area contributed by atoms with E-state index in [1.54, 1.807) is 0 Å². The van der Waals surface area contributed by atoms with Crippen molar-refractivity contribution in [1.29, 1.82) is 0 Å². The van der Waals surface area contributed by atoms with E-state index in [0.29, 0.717) is 6.54 Å². The SMILES string of the molecule is CCN(CCO)c1ccc(C2=[N+](c3ccccc3)c3cccc4cccc2c34)cc1. The first-order valence-electron chi connectivity index (χ1n) is 10.5. The van der Waals surface area contributed by atoms with Gasteiger partial charge in [-0.3, -0.25) is 0 Å². The summed E-state index contributed by atoms with van der Waals surface area (Å²) in [7, 11) is 0. The van der Waals surface area contributed by atoms with Crippen LogP contribution in [-0.4, -0.2) is 30.5 Å². The van der Waals surface area contributed by atoms with Gasteiger partial charge in [-0.25, -0.2) is 0 Å². The molecule has 0 spiro atoms. The second-order valence-electron chi connectivity index (χ2n) is 7.55. The quantitative estimate of drug-likeness (QED) is 0.394. The van der Waals surface area contributed by atoms with Gasteiger partial charge in [-0.15, -0.1) is 0 Å². The molecule has 0 unspecified atom stereocenters. The van der Waals surface area contributed by atoms with Crippen LogP contribution in [0.1, 0.15) is 18.1 Å². The molecule has 0 saturated carbocycles. The number of rotatable bonds is 6. The van der Waals surface area contributed by atoms with Crippen molar-refractivity contribution in [1.82, 2.24) is 4.58 Å². The van der Waals surface area contributed by atoms with Crippen LogP contribution in [0.4, 0.5) is 17.1 Å². The molecule has 148 valence electrons. The highest BCUT2D eigenvalue weighted by atomic mass is 16.3. The molecule has 0 saturated heterocycles. The molecule has 1 aliphatic rings. The molecule has 0 radical (unpaired) electrons. The van der Waals surface area contributed by atoms with Gasteiger partial charge in [0.1, 0.15) is 0 Å². The first-order chi connectivity index (χ1) is 14.8. The highest BCUT2D eigenvalue weighted by molar-refractivity contribution is 6.27. The Balaban J connectivity index is 1.71. The zero-order chi connectivity index (χ0) is 20.5. The van der Waals surface area contributed by atoms with Crippen LogP contribution >= 0.6 is 0 Å². The Bertz CT molecular complexity index is 1220. The second-order valence-corrected chi connectivity index (χ2v) is 7.55. The van der Waals surface area contributed by atoms with Crippen LogP contribution in [-0.2, 0) is 0 Å². The van der Waals surface area contributed by atoms with E-state index in [0.717, 1.165) is 17.9 Å². The molecule has 0 aliphatic carbocycles. The van der Waals surface area contributed by atoms with Crippen molar-refractivity contribution in [3.05, 3.63) is 102 Å². The average molecular weight is 394 g/mol. The molecule has 5 rings (SSSR count). The molecular formula is C27H25N2O+. The van der Waals surface area contributed by atoms with E-state index in [2.05, 4.69) is 107 Å². The van der Waals surface area contributed by atoms with Gasteiger partial charge < -0.3 is 10.0 Å². The van der Waals surface area contributed by atoms with E-state index in [-0.39, 0.29) is 6.61 Å². The van der Waals surface area contributed by atoms with Gasteiger partial charge in [0.2, 0.25) is 17.1 Å². The standard InChI is InChI=1S/C27H25N2O/c1-2-28(18-19-30)22-16-14-21(15-17-22)27-24-12-6-8-20-9-7-13-25(26(20)24)29(27)23-10-4-3-5-11-23/h3-17,30H,2,18-19H2,1H3/q+1. The molecule has 4 aromatic rings. The number of para-hydroxylation sites is 1. The molecule has 0 bridgehead atoms. The predicted octanol–water partition coefficient (Wildman–Crippen LogP) is 5.34. The summed E-state index contributed by atoms with van der Waals surface area (Å²) in [4.78, 5) is 2.19. The molecule has 0 atom stereocenters. The first kappa shape index (κ1) is 18.6. The molecule has 0 amide bonds. The second kappa shape index (κ2) is 7.77. The third-order valence-electron chi connectivity index (χ3n) is 5.87. The van der Waals surface area contributed by atoms with E-state index in [1.807, 2.05) is 0 Å². The topological polar surface area (TPSA) is 26.5 Å². The Morgan fingerprint density at radius 2 is 1.53 bits per heavy atom. The van der Waals surface area contributed by atoms with Crippen molar-refractivity contribution >= 4 is 33.5 Å². The summed E-state index contributed by atoms with van der Waals surface area (Å²) in [5.41, 5.74) is 7.19. The van der Waals surface area contributed by atoms with E-state index in [9.17, 15) is 5.11 Å². The van der Waals surface area contributed by atoms with Crippen molar-refractivity contribution in [2.45, 2.75) is 6.92 Å². The maximum Gasteiger partial charge on any atom is 0.227 e. The summed E-state index contributed by atoms with van der Waals surface area (Å²) in [6, 6.07) is 32.4. The Kier molecular flexibility index (Phi) is 4.82. The van der Waals surface area contributed by atoms with Crippen molar-refractivity contribution < 1.29 is 5.11 Å². The number of aliphatic hydroxyl groups excluding tert-OH is 1. The monoisotopic (exact) mass is 393 g/mol. The van der Waals surface area contributed by atoms with Crippen molar-refractivity contribution in [2.75, 3.05) is 24.6 Å². The summed E-state index contributed by atoms with van der Waals surface area (Å²) in [5, 5.41) is 11.9. The number of likely N-dealkylation sites (N-methyl/N-ethyl adjacent to an activating group) is 1. The van der Waals surface area contributed by atoms with E-state index >= 15 is 0 Å². The minimum absolute atomic E-state index is 0.159. The summed E-state index contributed by atoms with van der Waals surface area (Å²) in [5.74, 6) is 0. The van der Waals surface area contributed by atoms with Crippen molar-refractivity contribution in [3.63, 3.8) is 0 Å². The summed E-state index contributed by atoms with van der Waals surface area (Å²) in [6.07, 6.45) is 0. The molecule has 3 nitrogen and oxygen atoms in total. The highest BCUT2D eigenvalue weighted by Gasteiger charge is 2.34. The maximum atomic E-state index is 9.35. The molecule has 4 aromatic carbocycles. The molecule has 30 heavy (non-hydrogen) atoms. The minimum atomic E-state index is 0.159. The van der Waals surface area contributed by atoms with Gasteiger partial charge in [-0.1, -0.05) is 42.5 Å². The Labute approximate surface area is 177 Å². The fourth-order valence-electron chi connectivity index (χ4n) is 4.50. The Morgan fingerprint density at radius 3 is 2.23 bits per heavy atom. The lowest BCUT2D eigenvalue weighted by atomic mass is 9.98. The van der Waals surface area contributed by atoms with E-state index in [1.165, 1.54) is 33.3 Å². The van der Waals surface area contributed by atoms with Crippen molar-refractivity contribution in [2.24, 2.45) is 0 Å². The highest BCUT2D eigenvalue weighted by Crippen LogP contribution is 2.39. The lowest BCUT2D eigenvalue weighted by molar-refractivity contribution is 0.302. The Morgan fingerprint density at radius 1 is 0.800 bits per heavy atom. The molecule has 1 heterocycles. The molecule has 0 fully saturated rings. The average Bonchev–Trinajstić information content (AvgIpc) is 3.14. The normalized spacial score (nSPS) is 12.6. The maximum absolute atomic E-state index is 9.35. The molecule has 3 heteroatoms. The van der Waals surface area contributed by atoms with Crippen LogP contribution < -0.4 is 9.48 Å². The summed E-state index contributed by atoms with van der Waals surface area (Å²) >= 11 is 0. The number of benzene rings is 4. The van der Waals surface area contributed by atoms with Gasteiger partial charge in [0.15, 0.2) is 0 Å². The number of anilines is 1. The van der Waals surface area contributed by atoms with Gasteiger partial charge in [0.05, 0.1) is 17.6 Å². The lowest BCUT2D eigenvalue weighted by Gasteiger charge is -2.22. The fraction of sp³-hybridized carbons (Fsp3) is 0.148. The van der Waals surface area contributed by atoms with Crippen LogP contribution in [0.15, 0.2) is 91.0 Å². The Hall–Kier alpha value is -3.43. The minimum Gasteiger partial charge on any atom is -0.395 e.